The second-order valence-corrected chi connectivity index (χ2v) is 6.84. The fourth-order valence-corrected chi connectivity index (χ4v) is 1.95. The molecule has 2 rings (SSSR count). The Hall–Kier alpha value is -2.54. The van der Waals surface area contributed by atoms with Crippen molar-refractivity contribution in [2.45, 2.75) is 46.1 Å². The number of hydrogen-bond donors (Lipinski definition) is 4. The lowest BCUT2D eigenvalue weighted by atomic mass is 10.1. The van der Waals surface area contributed by atoms with E-state index in [-0.39, 0.29) is 5.54 Å². The Balaban J connectivity index is 2.02. The molecule has 7 heteroatoms. The minimum atomic E-state index is -0.113. The molecule has 0 aliphatic rings. The third-order valence-electron chi connectivity index (χ3n) is 3.32. The van der Waals surface area contributed by atoms with Crippen LogP contribution < -0.4 is 26.6 Å². The lowest BCUT2D eigenvalue weighted by molar-refractivity contribution is 0.309. The number of nitrogens with zero attached hydrogens (tertiary/aromatic N) is 2. The Bertz CT molecular complexity index is 666. The Labute approximate surface area is 149 Å². The van der Waals surface area contributed by atoms with Crippen LogP contribution >= 0.6 is 0 Å². The summed E-state index contributed by atoms with van der Waals surface area (Å²) < 4.78 is 5.66. The molecule has 2 aromatic rings. The molecule has 1 aromatic heterocycles. The van der Waals surface area contributed by atoms with Gasteiger partial charge in [-0.1, -0.05) is 13.3 Å². The number of nitrogens with one attached hydrogen (secondary N) is 3. The van der Waals surface area contributed by atoms with Gasteiger partial charge in [-0.15, -0.1) is 0 Å². The Morgan fingerprint density at radius 2 is 1.76 bits per heavy atom. The molecule has 0 bridgehead atoms. The number of ether oxygens (including phenoxy) is 1. The highest BCUT2D eigenvalue weighted by Crippen LogP contribution is 2.26. The number of aromatic nitrogens is 2. The van der Waals surface area contributed by atoms with Crippen molar-refractivity contribution in [2.24, 2.45) is 0 Å². The molecule has 1 heterocycles. The zero-order valence-corrected chi connectivity index (χ0v) is 15.4. The van der Waals surface area contributed by atoms with E-state index in [1.807, 2.05) is 45.0 Å². The summed E-state index contributed by atoms with van der Waals surface area (Å²) in [5.41, 5.74) is 13.5. The molecule has 25 heavy (non-hydrogen) atoms. The molecule has 136 valence electrons. The van der Waals surface area contributed by atoms with E-state index in [1.165, 1.54) is 6.33 Å². The molecule has 1 aromatic carbocycles. The summed E-state index contributed by atoms with van der Waals surface area (Å²) in [5.74, 6) is 1.94. The highest BCUT2D eigenvalue weighted by Gasteiger charge is 2.12. The van der Waals surface area contributed by atoms with Crippen molar-refractivity contribution in [1.29, 1.82) is 0 Å². The van der Waals surface area contributed by atoms with E-state index < -0.39 is 0 Å². The molecular weight excluding hydrogens is 316 g/mol. The van der Waals surface area contributed by atoms with Gasteiger partial charge in [-0.3, -0.25) is 0 Å². The van der Waals surface area contributed by atoms with Crippen molar-refractivity contribution in [1.82, 2.24) is 15.4 Å². The van der Waals surface area contributed by atoms with Gasteiger partial charge in [0.05, 0.1) is 6.61 Å². The van der Waals surface area contributed by atoms with Crippen LogP contribution in [0, 0.1) is 0 Å². The SMILES string of the molecule is CCCCOc1ccc(Nc2ncnc(NNC(C)(C)C)c2N)cc1. The average molecular weight is 344 g/mol. The van der Waals surface area contributed by atoms with Crippen LogP contribution in [0.2, 0.25) is 0 Å². The first-order valence-electron chi connectivity index (χ1n) is 8.52. The molecule has 0 aliphatic heterocycles. The van der Waals surface area contributed by atoms with Crippen LogP contribution in [0.1, 0.15) is 40.5 Å². The van der Waals surface area contributed by atoms with Gasteiger partial charge in [-0.05, 0) is 51.5 Å². The summed E-state index contributed by atoms with van der Waals surface area (Å²) >= 11 is 0. The van der Waals surface area contributed by atoms with Gasteiger partial charge in [0.15, 0.2) is 11.6 Å². The van der Waals surface area contributed by atoms with E-state index in [2.05, 4.69) is 33.1 Å². The molecule has 0 saturated carbocycles. The van der Waals surface area contributed by atoms with E-state index in [0.717, 1.165) is 30.9 Å². The van der Waals surface area contributed by atoms with Crippen molar-refractivity contribution in [3.8, 4) is 5.75 Å². The van der Waals surface area contributed by atoms with E-state index >= 15 is 0 Å². The van der Waals surface area contributed by atoms with Crippen molar-refractivity contribution < 1.29 is 4.74 Å². The van der Waals surface area contributed by atoms with Gasteiger partial charge in [0, 0.05) is 11.2 Å². The fourth-order valence-electron chi connectivity index (χ4n) is 1.95. The van der Waals surface area contributed by atoms with E-state index in [0.29, 0.717) is 17.3 Å². The van der Waals surface area contributed by atoms with Crippen molar-refractivity contribution in [2.75, 3.05) is 23.1 Å². The number of hydrogen-bond acceptors (Lipinski definition) is 7. The molecule has 0 aliphatic carbocycles. The quantitative estimate of drug-likeness (QED) is 0.428. The Kier molecular flexibility index (Phi) is 6.41. The first-order valence-corrected chi connectivity index (χ1v) is 8.52. The van der Waals surface area contributed by atoms with Crippen molar-refractivity contribution in [3.05, 3.63) is 30.6 Å². The summed E-state index contributed by atoms with van der Waals surface area (Å²) in [7, 11) is 0. The number of nitrogens with two attached hydrogens (primary N) is 1. The molecule has 0 radical (unpaired) electrons. The fraction of sp³-hybridized carbons (Fsp3) is 0.444. The van der Waals surface area contributed by atoms with Gasteiger partial charge in [-0.25, -0.2) is 15.4 Å². The Morgan fingerprint density at radius 3 is 2.40 bits per heavy atom. The molecular formula is C18H28N6O. The predicted molar refractivity (Wildman–Crippen MR) is 103 cm³/mol. The maximum Gasteiger partial charge on any atom is 0.169 e. The number of hydrazine groups is 1. The molecule has 0 saturated heterocycles. The van der Waals surface area contributed by atoms with Crippen molar-refractivity contribution >= 4 is 23.0 Å². The summed E-state index contributed by atoms with van der Waals surface area (Å²) in [4.78, 5) is 8.39. The van der Waals surface area contributed by atoms with Gasteiger partial charge in [0.25, 0.3) is 0 Å². The minimum Gasteiger partial charge on any atom is -0.494 e. The summed E-state index contributed by atoms with van der Waals surface area (Å²) in [5, 5.41) is 3.20. The smallest absolute Gasteiger partial charge is 0.169 e. The summed E-state index contributed by atoms with van der Waals surface area (Å²) in [6.07, 6.45) is 3.64. The highest BCUT2D eigenvalue weighted by molar-refractivity contribution is 5.77. The third-order valence-corrected chi connectivity index (χ3v) is 3.32. The number of rotatable bonds is 8. The van der Waals surface area contributed by atoms with E-state index in [9.17, 15) is 0 Å². The van der Waals surface area contributed by atoms with Gasteiger partial charge in [-0.2, -0.15) is 0 Å². The summed E-state index contributed by atoms with van der Waals surface area (Å²) in [6, 6.07) is 7.72. The number of benzene rings is 1. The van der Waals surface area contributed by atoms with Crippen LogP contribution in [0.4, 0.5) is 23.0 Å². The van der Waals surface area contributed by atoms with Crippen LogP contribution in [-0.4, -0.2) is 22.1 Å². The van der Waals surface area contributed by atoms with Crippen molar-refractivity contribution in [3.63, 3.8) is 0 Å². The highest BCUT2D eigenvalue weighted by atomic mass is 16.5. The molecule has 7 nitrogen and oxygen atoms in total. The number of anilines is 4. The zero-order valence-electron chi connectivity index (χ0n) is 15.4. The van der Waals surface area contributed by atoms with Gasteiger partial charge >= 0.3 is 0 Å². The largest absolute Gasteiger partial charge is 0.494 e. The molecule has 0 fully saturated rings. The molecule has 5 N–H and O–H groups in total. The maximum atomic E-state index is 6.16. The van der Waals surface area contributed by atoms with Crippen LogP contribution in [0.15, 0.2) is 30.6 Å². The third kappa shape index (κ3) is 6.11. The first-order chi connectivity index (χ1) is 11.9. The standard InChI is InChI=1S/C18H28N6O/c1-5-6-11-25-14-9-7-13(8-10-14)22-16-15(19)17(21-12-20-16)23-24-18(2,3)4/h7-10,12,24H,5-6,11,19H2,1-4H3,(H2,20,21,22,23). The second kappa shape index (κ2) is 8.53. The Morgan fingerprint density at radius 1 is 1.08 bits per heavy atom. The lowest BCUT2D eigenvalue weighted by Gasteiger charge is -2.22. The van der Waals surface area contributed by atoms with Gasteiger partial charge in [0.1, 0.15) is 17.8 Å². The van der Waals surface area contributed by atoms with Gasteiger partial charge in [0.2, 0.25) is 0 Å². The monoisotopic (exact) mass is 344 g/mol. The average Bonchev–Trinajstić information content (AvgIpc) is 2.57. The van der Waals surface area contributed by atoms with Gasteiger partial charge < -0.3 is 21.2 Å². The molecule has 0 unspecified atom stereocenters. The van der Waals surface area contributed by atoms with Crippen LogP contribution in [0.3, 0.4) is 0 Å². The lowest BCUT2D eigenvalue weighted by Crippen LogP contribution is -2.40. The van der Waals surface area contributed by atoms with E-state index in [1.54, 1.807) is 0 Å². The first kappa shape index (κ1) is 18.8. The number of unbranched alkanes of at least 4 members (excludes halogenated alkanes) is 1. The molecule has 0 atom stereocenters. The molecule has 0 spiro atoms. The minimum absolute atomic E-state index is 0.113. The van der Waals surface area contributed by atoms with Crippen LogP contribution in [0.25, 0.3) is 0 Å². The summed E-state index contributed by atoms with van der Waals surface area (Å²) in [6.45, 7) is 9.00. The van der Waals surface area contributed by atoms with Crippen LogP contribution in [-0.2, 0) is 0 Å². The van der Waals surface area contributed by atoms with Crippen LogP contribution in [0.5, 0.6) is 5.75 Å². The maximum absolute atomic E-state index is 6.16. The molecule has 0 amide bonds. The predicted octanol–water partition coefficient (Wildman–Crippen LogP) is 3.70. The topological polar surface area (TPSA) is 97.1 Å². The van der Waals surface area contributed by atoms with E-state index in [4.69, 9.17) is 10.5 Å². The second-order valence-electron chi connectivity index (χ2n) is 6.84. The number of nitrogen functional groups attached to an aromatic ring is 1. The zero-order chi connectivity index (χ0) is 18.3. The normalized spacial score (nSPS) is 11.2.